The van der Waals surface area contributed by atoms with Crippen LogP contribution in [0.1, 0.15) is 52.1 Å². The number of benzene rings is 1. The topological polar surface area (TPSA) is 30.5 Å². The lowest BCUT2D eigenvalue weighted by atomic mass is 9.97. The van der Waals surface area contributed by atoms with Gasteiger partial charge in [-0.2, -0.15) is 0 Å². The second kappa shape index (κ2) is 8.98. The fourth-order valence-electron chi connectivity index (χ4n) is 2.49. The lowest BCUT2D eigenvalue weighted by Gasteiger charge is -2.28. The van der Waals surface area contributed by atoms with Crippen molar-refractivity contribution >= 4 is 0 Å². The average Bonchev–Trinajstić information content (AvgIpc) is 2.41. The average molecular weight is 279 g/mol. The van der Waals surface area contributed by atoms with Gasteiger partial charge < -0.3 is 14.8 Å². The van der Waals surface area contributed by atoms with E-state index < -0.39 is 0 Å². The molecule has 2 atom stereocenters. The molecule has 0 fully saturated rings. The van der Waals surface area contributed by atoms with Gasteiger partial charge in [0.1, 0.15) is 5.75 Å². The smallest absolute Gasteiger partial charge is 0.124 e. The van der Waals surface area contributed by atoms with Crippen molar-refractivity contribution in [2.24, 2.45) is 0 Å². The van der Waals surface area contributed by atoms with E-state index in [2.05, 4.69) is 38.2 Å². The zero-order valence-electron chi connectivity index (χ0n) is 13.5. The number of para-hydroxylation sites is 1. The molecule has 1 rings (SSSR count). The molecule has 0 saturated heterocycles. The Morgan fingerprint density at radius 2 is 1.85 bits per heavy atom. The third-order valence-corrected chi connectivity index (χ3v) is 3.25. The van der Waals surface area contributed by atoms with E-state index in [9.17, 15) is 0 Å². The first-order valence-electron chi connectivity index (χ1n) is 7.68. The highest BCUT2D eigenvalue weighted by Gasteiger charge is 2.24. The minimum absolute atomic E-state index is 0.157. The molecule has 2 unspecified atom stereocenters. The summed E-state index contributed by atoms with van der Waals surface area (Å²) in [6.07, 6.45) is 2.49. The molecule has 1 aromatic rings. The second-order valence-corrected chi connectivity index (χ2v) is 5.25. The summed E-state index contributed by atoms with van der Waals surface area (Å²) < 4.78 is 11.9. The summed E-state index contributed by atoms with van der Waals surface area (Å²) in [7, 11) is 1.98. The molecule has 0 bridgehead atoms. The molecule has 3 heteroatoms. The molecule has 0 radical (unpaired) electrons. The van der Waals surface area contributed by atoms with Crippen LogP contribution >= 0.6 is 0 Å². The van der Waals surface area contributed by atoms with Gasteiger partial charge in [0, 0.05) is 12.2 Å². The van der Waals surface area contributed by atoms with Gasteiger partial charge >= 0.3 is 0 Å². The second-order valence-electron chi connectivity index (χ2n) is 5.25. The molecule has 0 spiro atoms. The van der Waals surface area contributed by atoms with Crippen molar-refractivity contribution in [3.8, 4) is 5.75 Å². The van der Waals surface area contributed by atoms with E-state index in [1.165, 1.54) is 5.56 Å². The van der Waals surface area contributed by atoms with E-state index >= 15 is 0 Å². The highest BCUT2D eigenvalue weighted by atomic mass is 16.5. The third kappa shape index (κ3) is 4.80. The van der Waals surface area contributed by atoms with Crippen LogP contribution in [-0.2, 0) is 4.74 Å². The molecule has 3 nitrogen and oxygen atoms in total. The Morgan fingerprint density at radius 1 is 1.15 bits per heavy atom. The van der Waals surface area contributed by atoms with Crippen molar-refractivity contribution < 1.29 is 9.47 Å². The van der Waals surface area contributed by atoms with E-state index in [4.69, 9.17) is 9.47 Å². The van der Waals surface area contributed by atoms with E-state index in [0.29, 0.717) is 0 Å². The zero-order valence-corrected chi connectivity index (χ0v) is 13.5. The minimum atomic E-state index is 0.157. The fraction of sp³-hybridized carbons (Fsp3) is 0.647. The maximum Gasteiger partial charge on any atom is 0.124 e. The van der Waals surface area contributed by atoms with Gasteiger partial charge in [0.25, 0.3) is 0 Å². The quantitative estimate of drug-likeness (QED) is 0.742. The highest BCUT2D eigenvalue weighted by Crippen LogP contribution is 2.30. The lowest BCUT2D eigenvalue weighted by Crippen LogP contribution is -2.32. The molecule has 0 aromatic heterocycles. The van der Waals surface area contributed by atoms with Crippen molar-refractivity contribution in [1.82, 2.24) is 5.32 Å². The Morgan fingerprint density at radius 3 is 2.40 bits per heavy atom. The van der Waals surface area contributed by atoms with Gasteiger partial charge in [0.2, 0.25) is 0 Å². The minimum Gasteiger partial charge on any atom is -0.491 e. The Labute approximate surface area is 123 Å². The maximum atomic E-state index is 5.94. The molecule has 20 heavy (non-hydrogen) atoms. The van der Waals surface area contributed by atoms with Crippen molar-refractivity contribution in [3.63, 3.8) is 0 Å². The third-order valence-electron chi connectivity index (χ3n) is 3.25. The lowest BCUT2D eigenvalue weighted by molar-refractivity contribution is 0.0286. The Balaban J connectivity index is 3.03. The fourth-order valence-corrected chi connectivity index (χ4v) is 2.49. The standard InChI is InChI=1S/C17H29NO2/c1-6-10-16(19-7-2)17(18-5)14-11-8-9-12-15(14)20-13(3)4/h8-9,11-13,16-18H,6-7,10H2,1-5H3. The largest absolute Gasteiger partial charge is 0.491 e. The van der Waals surface area contributed by atoms with Crippen LogP contribution in [0.15, 0.2) is 24.3 Å². The van der Waals surface area contributed by atoms with Crippen molar-refractivity contribution in [3.05, 3.63) is 29.8 Å². The first kappa shape index (κ1) is 17.0. The van der Waals surface area contributed by atoms with Gasteiger partial charge in [0.15, 0.2) is 0 Å². The summed E-state index contributed by atoms with van der Waals surface area (Å²) in [6.45, 7) is 9.08. The molecular formula is C17H29NO2. The van der Waals surface area contributed by atoms with E-state index in [1.54, 1.807) is 0 Å². The molecule has 114 valence electrons. The number of hydrogen-bond acceptors (Lipinski definition) is 3. The number of ether oxygens (including phenoxy) is 2. The maximum absolute atomic E-state index is 5.94. The first-order valence-corrected chi connectivity index (χ1v) is 7.68. The Hall–Kier alpha value is -1.06. The Kier molecular flexibility index (Phi) is 7.63. The zero-order chi connectivity index (χ0) is 15.0. The molecule has 0 aliphatic rings. The summed E-state index contributed by atoms with van der Waals surface area (Å²) in [6, 6.07) is 8.39. The molecular weight excluding hydrogens is 250 g/mol. The van der Waals surface area contributed by atoms with Crippen molar-refractivity contribution in [1.29, 1.82) is 0 Å². The number of nitrogens with one attached hydrogen (secondary N) is 1. The van der Waals surface area contributed by atoms with E-state index in [-0.39, 0.29) is 18.2 Å². The van der Waals surface area contributed by atoms with Crippen molar-refractivity contribution in [2.45, 2.75) is 58.8 Å². The Bertz CT molecular complexity index is 373. The molecule has 1 aromatic carbocycles. The number of likely N-dealkylation sites (N-methyl/N-ethyl adjacent to an activating group) is 1. The normalized spacial score (nSPS) is 14.3. The summed E-state index contributed by atoms with van der Waals surface area (Å²) >= 11 is 0. The summed E-state index contributed by atoms with van der Waals surface area (Å²) in [5, 5.41) is 3.40. The van der Waals surface area contributed by atoms with Gasteiger partial charge in [0.05, 0.1) is 18.2 Å². The van der Waals surface area contributed by atoms with Gasteiger partial charge in [-0.15, -0.1) is 0 Å². The van der Waals surface area contributed by atoms with Crippen LogP contribution in [0.4, 0.5) is 0 Å². The molecule has 0 amide bonds. The van der Waals surface area contributed by atoms with Crippen LogP contribution in [-0.4, -0.2) is 25.9 Å². The molecule has 0 aliphatic heterocycles. The van der Waals surface area contributed by atoms with Crippen LogP contribution < -0.4 is 10.1 Å². The van der Waals surface area contributed by atoms with Gasteiger partial charge in [-0.05, 0) is 40.3 Å². The van der Waals surface area contributed by atoms with Gasteiger partial charge in [-0.25, -0.2) is 0 Å². The van der Waals surface area contributed by atoms with Gasteiger partial charge in [-0.3, -0.25) is 0 Å². The van der Waals surface area contributed by atoms with Crippen LogP contribution in [0, 0.1) is 0 Å². The monoisotopic (exact) mass is 279 g/mol. The number of rotatable bonds is 9. The first-order chi connectivity index (χ1) is 9.63. The summed E-state index contributed by atoms with van der Waals surface area (Å²) in [5.41, 5.74) is 1.18. The molecule has 1 N–H and O–H groups in total. The molecule has 0 saturated carbocycles. The van der Waals surface area contributed by atoms with E-state index in [1.807, 2.05) is 26.1 Å². The summed E-state index contributed by atoms with van der Waals surface area (Å²) in [4.78, 5) is 0. The SMILES string of the molecule is CCCC(OCC)C(NC)c1ccccc1OC(C)C. The van der Waals surface area contributed by atoms with Crippen LogP contribution in [0.2, 0.25) is 0 Å². The predicted octanol–water partition coefficient (Wildman–Crippen LogP) is 3.94. The predicted molar refractivity (Wildman–Crippen MR) is 84.3 cm³/mol. The van der Waals surface area contributed by atoms with E-state index in [0.717, 1.165) is 25.2 Å². The molecule has 0 heterocycles. The van der Waals surface area contributed by atoms with Crippen molar-refractivity contribution in [2.75, 3.05) is 13.7 Å². The van der Waals surface area contributed by atoms with Gasteiger partial charge in [-0.1, -0.05) is 31.5 Å². The summed E-state index contributed by atoms with van der Waals surface area (Å²) in [5.74, 6) is 0.947. The van der Waals surface area contributed by atoms with Crippen LogP contribution in [0.3, 0.4) is 0 Å². The van der Waals surface area contributed by atoms with Crippen LogP contribution in [0.25, 0.3) is 0 Å². The van der Waals surface area contributed by atoms with Crippen LogP contribution in [0.5, 0.6) is 5.75 Å². The number of hydrogen-bond donors (Lipinski definition) is 1. The highest BCUT2D eigenvalue weighted by molar-refractivity contribution is 5.36. The molecule has 0 aliphatic carbocycles.